The van der Waals surface area contributed by atoms with Gasteiger partial charge in [0, 0.05) is 30.9 Å². The average molecular weight is 376 g/mol. The molecular formula is C22H24N4O2. The first-order chi connectivity index (χ1) is 13.7. The van der Waals surface area contributed by atoms with E-state index < -0.39 is 5.60 Å². The van der Waals surface area contributed by atoms with Gasteiger partial charge in [-0.05, 0) is 30.9 Å². The van der Waals surface area contributed by atoms with E-state index in [0.29, 0.717) is 24.4 Å². The van der Waals surface area contributed by atoms with E-state index in [0.717, 1.165) is 31.2 Å². The number of carbonyl (C=O) groups is 1. The number of carbonyl (C=O) groups excluding carboxylic acids is 1. The van der Waals surface area contributed by atoms with E-state index in [2.05, 4.69) is 9.97 Å². The Labute approximate surface area is 163 Å². The van der Waals surface area contributed by atoms with Crippen LogP contribution in [0.1, 0.15) is 48.3 Å². The second-order valence-electron chi connectivity index (χ2n) is 7.93. The number of benzene rings is 1. The molecule has 1 amide bonds. The van der Waals surface area contributed by atoms with Crippen molar-refractivity contribution in [3.8, 4) is 0 Å². The molecule has 2 aliphatic rings. The maximum absolute atomic E-state index is 13.4. The number of rotatable bonds is 2. The summed E-state index contributed by atoms with van der Waals surface area (Å²) in [6.07, 6.45) is 9.74. The lowest BCUT2D eigenvalue weighted by Crippen LogP contribution is -2.59. The molecule has 1 aliphatic heterocycles. The van der Waals surface area contributed by atoms with Crippen LogP contribution in [0.15, 0.2) is 55.0 Å². The number of nitrogens with zero attached hydrogens (tertiary/aromatic N) is 4. The van der Waals surface area contributed by atoms with Crippen LogP contribution in [0.25, 0.3) is 5.65 Å². The van der Waals surface area contributed by atoms with Gasteiger partial charge in [-0.25, -0.2) is 9.97 Å². The number of aromatic nitrogens is 3. The van der Waals surface area contributed by atoms with E-state index in [1.54, 1.807) is 22.9 Å². The normalized spacial score (nSPS) is 27.5. The first-order valence-electron chi connectivity index (χ1n) is 10.1. The molecule has 3 atom stereocenters. The standard InChI is InChI=1S/C22H24N4O2/c27-21(20-24-15-19-23-12-6-13-26(19)20)25-14-11-22(28,16-7-2-1-3-8-16)17-9-4-5-10-18(17)25/h1-3,6-8,12-13,15,17-18,28H,4-5,9-11,14H2/t17-,18+,22-/m0/s1. The molecule has 1 saturated carbocycles. The van der Waals surface area contributed by atoms with Crippen molar-refractivity contribution in [2.24, 2.45) is 5.92 Å². The third-order valence-electron chi connectivity index (χ3n) is 6.51. The summed E-state index contributed by atoms with van der Waals surface area (Å²) in [5, 5.41) is 11.7. The summed E-state index contributed by atoms with van der Waals surface area (Å²) >= 11 is 0. The van der Waals surface area contributed by atoms with Crippen LogP contribution in [-0.2, 0) is 5.60 Å². The van der Waals surface area contributed by atoms with Crippen molar-refractivity contribution in [3.05, 3.63) is 66.4 Å². The second-order valence-corrected chi connectivity index (χ2v) is 7.93. The van der Waals surface area contributed by atoms with Gasteiger partial charge in [0.1, 0.15) is 0 Å². The molecule has 144 valence electrons. The summed E-state index contributed by atoms with van der Waals surface area (Å²) in [4.78, 5) is 24.0. The molecule has 1 saturated heterocycles. The number of likely N-dealkylation sites (tertiary alicyclic amines) is 1. The highest BCUT2D eigenvalue weighted by molar-refractivity contribution is 5.92. The molecule has 6 nitrogen and oxygen atoms in total. The van der Waals surface area contributed by atoms with Crippen molar-refractivity contribution in [2.45, 2.75) is 43.7 Å². The lowest BCUT2D eigenvalue weighted by Gasteiger charge is -2.52. The summed E-state index contributed by atoms with van der Waals surface area (Å²) in [5.41, 5.74) is 0.762. The molecule has 6 heteroatoms. The largest absolute Gasteiger partial charge is 0.385 e. The second kappa shape index (κ2) is 6.71. The average Bonchev–Trinajstić information content (AvgIpc) is 3.19. The van der Waals surface area contributed by atoms with E-state index in [1.807, 2.05) is 41.4 Å². The van der Waals surface area contributed by atoms with Crippen LogP contribution in [0.4, 0.5) is 0 Å². The van der Waals surface area contributed by atoms with Gasteiger partial charge < -0.3 is 10.0 Å². The maximum Gasteiger partial charge on any atom is 0.290 e. The summed E-state index contributed by atoms with van der Waals surface area (Å²) in [6, 6.07) is 11.8. The van der Waals surface area contributed by atoms with Crippen LogP contribution >= 0.6 is 0 Å². The Morgan fingerprint density at radius 1 is 1.11 bits per heavy atom. The van der Waals surface area contributed by atoms with Gasteiger partial charge in [-0.15, -0.1) is 0 Å². The van der Waals surface area contributed by atoms with Crippen LogP contribution < -0.4 is 0 Å². The lowest BCUT2D eigenvalue weighted by atomic mass is 9.66. The first-order valence-corrected chi connectivity index (χ1v) is 10.1. The Morgan fingerprint density at radius 3 is 2.79 bits per heavy atom. The van der Waals surface area contributed by atoms with Crippen molar-refractivity contribution < 1.29 is 9.90 Å². The zero-order valence-electron chi connectivity index (χ0n) is 15.7. The molecule has 0 spiro atoms. The molecule has 28 heavy (non-hydrogen) atoms. The van der Waals surface area contributed by atoms with Gasteiger partial charge in [-0.3, -0.25) is 9.20 Å². The molecule has 2 fully saturated rings. The minimum atomic E-state index is -0.876. The molecule has 1 aliphatic carbocycles. The van der Waals surface area contributed by atoms with Gasteiger partial charge in [-0.2, -0.15) is 0 Å². The topological polar surface area (TPSA) is 70.7 Å². The van der Waals surface area contributed by atoms with E-state index in [4.69, 9.17) is 0 Å². The van der Waals surface area contributed by atoms with Crippen LogP contribution in [0.3, 0.4) is 0 Å². The zero-order chi connectivity index (χ0) is 19.1. The van der Waals surface area contributed by atoms with Crippen LogP contribution in [0.2, 0.25) is 0 Å². The molecule has 1 N–H and O–H groups in total. The molecule has 2 aromatic heterocycles. The number of hydrogen-bond donors (Lipinski definition) is 1. The lowest BCUT2D eigenvalue weighted by molar-refractivity contribution is -0.110. The van der Waals surface area contributed by atoms with Crippen LogP contribution in [-0.4, -0.2) is 42.9 Å². The maximum atomic E-state index is 13.4. The third-order valence-corrected chi connectivity index (χ3v) is 6.51. The fraction of sp³-hybridized carbons (Fsp3) is 0.409. The van der Waals surface area contributed by atoms with Crippen molar-refractivity contribution in [1.82, 2.24) is 19.3 Å². The van der Waals surface area contributed by atoms with Crippen molar-refractivity contribution >= 4 is 11.6 Å². The smallest absolute Gasteiger partial charge is 0.290 e. The van der Waals surface area contributed by atoms with Crippen LogP contribution in [0, 0.1) is 5.92 Å². The molecule has 0 bridgehead atoms. The highest BCUT2D eigenvalue weighted by Gasteiger charge is 2.50. The Bertz CT molecular complexity index is 1000. The number of piperidine rings is 1. The summed E-state index contributed by atoms with van der Waals surface area (Å²) in [6.45, 7) is 0.528. The number of amides is 1. The fourth-order valence-electron chi connectivity index (χ4n) is 5.15. The third kappa shape index (κ3) is 2.63. The Kier molecular flexibility index (Phi) is 4.16. The summed E-state index contributed by atoms with van der Waals surface area (Å²) in [7, 11) is 0. The van der Waals surface area contributed by atoms with Gasteiger partial charge in [0.15, 0.2) is 5.65 Å². The summed E-state index contributed by atoms with van der Waals surface area (Å²) < 4.78 is 1.75. The van der Waals surface area contributed by atoms with Gasteiger partial charge in [0.05, 0.1) is 11.8 Å². The molecular weight excluding hydrogens is 352 g/mol. The molecule has 3 aromatic rings. The predicted molar refractivity (Wildman–Crippen MR) is 105 cm³/mol. The van der Waals surface area contributed by atoms with Crippen molar-refractivity contribution in [3.63, 3.8) is 0 Å². The van der Waals surface area contributed by atoms with E-state index >= 15 is 0 Å². The SMILES string of the molecule is O=C(c1ncc2ncccn12)N1CC[C@](O)(c2ccccc2)[C@H]2CCCC[C@H]21. The minimum Gasteiger partial charge on any atom is -0.385 e. The number of hydrogen-bond acceptors (Lipinski definition) is 4. The van der Waals surface area contributed by atoms with E-state index in [9.17, 15) is 9.90 Å². The number of fused-ring (bicyclic) bond motifs is 2. The van der Waals surface area contributed by atoms with E-state index in [-0.39, 0.29) is 17.9 Å². The quantitative estimate of drug-likeness (QED) is 0.746. The molecule has 1 aromatic carbocycles. The minimum absolute atomic E-state index is 0.0317. The Balaban J connectivity index is 1.50. The number of imidazole rings is 1. The number of aliphatic hydroxyl groups is 1. The highest BCUT2D eigenvalue weighted by atomic mass is 16.3. The van der Waals surface area contributed by atoms with E-state index in [1.165, 1.54) is 0 Å². The monoisotopic (exact) mass is 376 g/mol. The first kappa shape index (κ1) is 17.4. The van der Waals surface area contributed by atoms with Gasteiger partial charge in [-0.1, -0.05) is 43.2 Å². The Hall–Kier alpha value is -2.73. The fourth-order valence-corrected chi connectivity index (χ4v) is 5.15. The Morgan fingerprint density at radius 2 is 1.93 bits per heavy atom. The molecule has 5 rings (SSSR count). The summed E-state index contributed by atoms with van der Waals surface area (Å²) in [5.74, 6) is 0.378. The predicted octanol–water partition coefficient (Wildman–Crippen LogP) is 3.02. The van der Waals surface area contributed by atoms with Crippen molar-refractivity contribution in [2.75, 3.05) is 6.54 Å². The van der Waals surface area contributed by atoms with Crippen molar-refractivity contribution in [1.29, 1.82) is 0 Å². The van der Waals surface area contributed by atoms with Crippen LogP contribution in [0.5, 0.6) is 0 Å². The van der Waals surface area contributed by atoms with Gasteiger partial charge in [0.25, 0.3) is 5.91 Å². The zero-order valence-corrected chi connectivity index (χ0v) is 15.7. The van der Waals surface area contributed by atoms with Gasteiger partial charge >= 0.3 is 0 Å². The molecule has 3 heterocycles. The molecule has 0 unspecified atom stereocenters. The molecule has 0 radical (unpaired) electrons. The highest BCUT2D eigenvalue weighted by Crippen LogP contribution is 2.47. The van der Waals surface area contributed by atoms with Gasteiger partial charge in [0.2, 0.25) is 5.82 Å².